The molecule has 0 bridgehead atoms. The second kappa shape index (κ2) is 4.56. The summed E-state index contributed by atoms with van der Waals surface area (Å²) >= 11 is 0. The van der Waals surface area contributed by atoms with Crippen LogP contribution in [0.1, 0.15) is 25.8 Å². The predicted molar refractivity (Wildman–Crippen MR) is 68.6 cm³/mol. The molecular formula is C12H15N3O3. The lowest BCUT2D eigenvalue weighted by Gasteiger charge is -2.12. The minimum atomic E-state index is -1.00. The summed E-state index contributed by atoms with van der Waals surface area (Å²) in [6, 6.07) is 4.09. The number of hydrogen-bond donors (Lipinski definition) is 3. The average molecular weight is 249 g/mol. The van der Waals surface area contributed by atoms with Crippen molar-refractivity contribution in [1.29, 1.82) is 0 Å². The summed E-state index contributed by atoms with van der Waals surface area (Å²) in [6.45, 7) is 1.88. The molecule has 1 heterocycles. The van der Waals surface area contributed by atoms with Gasteiger partial charge in [0.25, 0.3) is 0 Å². The van der Waals surface area contributed by atoms with Crippen molar-refractivity contribution in [2.45, 2.75) is 25.8 Å². The molecule has 96 valence electrons. The lowest BCUT2D eigenvalue weighted by atomic mass is 10.1. The van der Waals surface area contributed by atoms with Gasteiger partial charge in [-0.3, -0.25) is 4.57 Å². The molecule has 0 aliphatic rings. The SMILES string of the molecule is CCCC(C(=O)O)n1c(=O)[nH]c2cc(N)ccc21. The minimum absolute atomic E-state index is 0.409. The number of aromatic nitrogens is 2. The number of nitrogen functional groups attached to an aromatic ring is 1. The van der Waals surface area contributed by atoms with E-state index in [4.69, 9.17) is 5.73 Å². The molecule has 0 radical (unpaired) electrons. The number of anilines is 1. The van der Waals surface area contributed by atoms with E-state index in [-0.39, 0.29) is 0 Å². The smallest absolute Gasteiger partial charge is 0.327 e. The molecule has 1 aromatic carbocycles. The summed E-state index contributed by atoms with van der Waals surface area (Å²) in [5.41, 5.74) is 6.86. The lowest BCUT2D eigenvalue weighted by Crippen LogP contribution is -2.27. The number of fused-ring (bicyclic) bond motifs is 1. The van der Waals surface area contributed by atoms with Gasteiger partial charge in [-0.25, -0.2) is 9.59 Å². The highest BCUT2D eigenvalue weighted by molar-refractivity contribution is 5.81. The number of nitrogens with two attached hydrogens (primary N) is 1. The van der Waals surface area contributed by atoms with Gasteiger partial charge in [-0.05, 0) is 24.6 Å². The Morgan fingerprint density at radius 1 is 1.56 bits per heavy atom. The molecule has 0 aliphatic carbocycles. The Labute approximate surface area is 103 Å². The number of aliphatic carboxylic acids is 1. The minimum Gasteiger partial charge on any atom is -0.480 e. The van der Waals surface area contributed by atoms with Crippen LogP contribution >= 0.6 is 0 Å². The number of carbonyl (C=O) groups is 1. The zero-order valence-electron chi connectivity index (χ0n) is 10.0. The number of carboxylic acid groups (broad SMARTS) is 1. The predicted octanol–water partition coefficient (Wildman–Crippen LogP) is 1.34. The van der Waals surface area contributed by atoms with E-state index in [1.165, 1.54) is 4.57 Å². The van der Waals surface area contributed by atoms with Crippen molar-refractivity contribution in [3.05, 3.63) is 28.7 Å². The van der Waals surface area contributed by atoms with Crippen LogP contribution in [0.25, 0.3) is 11.0 Å². The summed E-state index contributed by atoms with van der Waals surface area (Å²) in [6.07, 6.45) is 1.09. The fourth-order valence-corrected chi connectivity index (χ4v) is 2.09. The number of nitrogens with zero attached hydrogens (tertiary/aromatic N) is 1. The van der Waals surface area contributed by atoms with Gasteiger partial charge in [0.2, 0.25) is 0 Å². The van der Waals surface area contributed by atoms with Gasteiger partial charge in [0.1, 0.15) is 6.04 Å². The van der Waals surface area contributed by atoms with Crippen molar-refractivity contribution in [1.82, 2.24) is 9.55 Å². The number of hydrogen-bond acceptors (Lipinski definition) is 3. The summed E-state index contributed by atoms with van der Waals surface area (Å²) in [5.74, 6) is -1.00. The molecule has 0 amide bonds. The molecule has 0 saturated carbocycles. The molecule has 1 atom stereocenters. The molecule has 18 heavy (non-hydrogen) atoms. The first-order valence-corrected chi connectivity index (χ1v) is 5.77. The Hall–Kier alpha value is -2.24. The molecule has 0 saturated heterocycles. The normalized spacial score (nSPS) is 12.7. The lowest BCUT2D eigenvalue weighted by molar-refractivity contribution is -0.141. The Morgan fingerprint density at radius 2 is 2.28 bits per heavy atom. The van der Waals surface area contributed by atoms with Crippen LogP contribution in [0.4, 0.5) is 5.69 Å². The first kappa shape index (κ1) is 12.2. The van der Waals surface area contributed by atoms with Crippen LogP contribution < -0.4 is 11.4 Å². The van der Waals surface area contributed by atoms with E-state index in [1.54, 1.807) is 18.2 Å². The summed E-state index contributed by atoms with van der Waals surface area (Å²) in [4.78, 5) is 25.8. The Kier molecular flexibility index (Phi) is 3.10. The van der Waals surface area contributed by atoms with Gasteiger partial charge < -0.3 is 15.8 Å². The first-order valence-electron chi connectivity index (χ1n) is 5.77. The van der Waals surface area contributed by atoms with E-state index in [0.29, 0.717) is 29.6 Å². The van der Waals surface area contributed by atoms with E-state index >= 15 is 0 Å². The fourth-order valence-electron chi connectivity index (χ4n) is 2.09. The van der Waals surface area contributed by atoms with Gasteiger partial charge in [0, 0.05) is 5.69 Å². The Morgan fingerprint density at radius 3 is 2.89 bits per heavy atom. The monoisotopic (exact) mass is 249 g/mol. The first-order chi connectivity index (χ1) is 8.54. The van der Waals surface area contributed by atoms with E-state index in [1.807, 2.05) is 6.92 Å². The van der Waals surface area contributed by atoms with Crippen LogP contribution in [0, 0.1) is 0 Å². The average Bonchev–Trinajstić information content (AvgIpc) is 2.61. The number of carboxylic acids is 1. The molecule has 2 aromatic rings. The molecule has 0 spiro atoms. The third-order valence-electron chi connectivity index (χ3n) is 2.90. The molecule has 0 fully saturated rings. The molecule has 4 N–H and O–H groups in total. The molecule has 6 heteroatoms. The van der Waals surface area contributed by atoms with Crippen molar-refractivity contribution in [3.63, 3.8) is 0 Å². The quantitative estimate of drug-likeness (QED) is 0.711. The number of nitrogens with one attached hydrogen (secondary N) is 1. The van der Waals surface area contributed by atoms with Gasteiger partial charge in [0.15, 0.2) is 0 Å². The van der Waals surface area contributed by atoms with Crippen molar-refractivity contribution in [2.24, 2.45) is 0 Å². The Bertz CT molecular complexity index is 642. The topological polar surface area (TPSA) is 101 Å². The standard InChI is InChI=1S/C12H15N3O3/c1-2-3-10(11(16)17)15-9-5-4-7(13)6-8(9)14-12(15)18/h4-6,10H,2-3,13H2,1H3,(H,14,18)(H,16,17). The Balaban J connectivity index is 2.65. The number of benzene rings is 1. The number of rotatable bonds is 4. The van der Waals surface area contributed by atoms with Crippen molar-refractivity contribution >= 4 is 22.7 Å². The molecule has 1 unspecified atom stereocenters. The van der Waals surface area contributed by atoms with Gasteiger partial charge in [-0.15, -0.1) is 0 Å². The summed E-state index contributed by atoms with van der Waals surface area (Å²) < 4.78 is 1.28. The van der Waals surface area contributed by atoms with Crippen LogP contribution in [0.2, 0.25) is 0 Å². The zero-order valence-corrected chi connectivity index (χ0v) is 10.0. The van der Waals surface area contributed by atoms with Crippen LogP contribution in [-0.2, 0) is 4.79 Å². The van der Waals surface area contributed by atoms with Gasteiger partial charge in [-0.2, -0.15) is 0 Å². The second-order valence-electron chi connectivity index (χ2n) is 4.22. The van der Waals surface area contributed by atoms with Crippen LogP contribution in [0.5, 0.6) is 0 Å². The highest BCUT2D eigenvalue weighted by atomic mass is 16.4. The zero-order chi connectivity index (χ0) is 13.3. The number of imidazole rings is 1. The van der Waals surface area contributed by atoms with Crippen molar-refractivity contribution < 1.29 is 9.90 Å². The highest BCUT2D eigenvalue weighted by Crippen LogP contribution is 2.20. The fraction of sp³-hybridized carbons (Fsp3) is 0.333. The molecular weight excluding hydrogens is 234 g/mol. The summed E-state index contributed by atoms with van der Waals surface area (Å²) in [7, 11) is 0. The molecule has 6 nitrogen and oxygen atoms in total. The van der Waals surface area contributed by atoms with Crippen LogP contribution in [-0.4, -0.2) is 20.6 Å². The maximum atomic E-state index is 11.9. The summed E-state index contributed by atoms with van der Waals surface area (Å²) in [5, 5.41) is 9.22. The van der Waals surface area contributed by atoms with Gasteiger partial charge >= 0.3 is 11.7 Å². The molecule has 0 aliphatic heterocycles. The van der Waals surface area contributed by atoms with E-state index in [0.717, 1.165) is 0 Å². The number of aromatic amines is 1. The molecule has 2 rings (SSSR count). The van der Waals surface area contributed by atoms with Crippen LogP contribution in [0.3, 0.4) is 0 Å². The van der Waals surface area contributed by atoms with Crippen molar-refractivity contribution in [2.75, 3.05) is 5.73 Å². The third kappa shape index (κ3) is 1.97. The highest BCUT2D eigenvalue weighted by Gasteiger charge is 2.22. The van der Waals surface area contributed by atoms with Crippen LogP contribution in [0.15, 0.2) is 23.0 Å². The van der Waals surface area contributed by atoms with E-state index in [2.05, 4.69) is 4.98 Å². The van der Waals surface area contributed by atoms with Crippen molar-refractivity contribution in [3.8, 4) is 0 Å². The largest absolute Gasteiger partial charge is 0.480 e. The van der Waals surface area contributed by atoms with Gasteiger partial charge in [-0.1, -0.05) is 13.3 Å². The third-order valence-corrected chi connectivity index (χ3v) is 2.90. The van der Waals surface area contributed by atoms with E-state index < -0.39 is 17.7 Å². The molecule has 1 aromatic heterocycles. The maximum absolute atomic E-state index is 11.9. The van der Waals surface area contributed by atoms with Gasteiger partial charge in [0.05, 0.1) is 11.0 Å². The number of H-pyrrole nitrogens is 1. The second-order valence-corrected chi connectivity index (χ2v) is 4.22. The maximum Gasteiger partial charge on any atom is 0.327 e. The van der Waals surface area contributed by atoms with E-state index in [9.17, 15) is 14.7 Å².